The number of aryl methyl sites for hydroxylation is 1. The average Bonchev–Trinajstić information content (AvgIpc) is 3.59. The van der Waals surface area contributed by atoms with Crippen LogP contribution in [0, 0.1) is 6.92 Å². The third kappa shape index (κ3) is 4.98. The van der Waals surface area contributed by atoms with Crippen molar-refractivity contribution in [3.63, 3.8) is 0 Å². The van der Waals surface area contributed by atoms with Crippen molar-refractivity contribution in [2.45, 2.75) is 44.3 Å². The number of halogens is 1. The molecule has 0 saturated heterocycles. The number of hydrogen-bond donors (Lipinski definition) is 0. The molecule has 1 amide bonds. The van der Waals surface area contributed by atoms with Gasteiger partial charge in [0.15, 0.2) is 6.29 Å². The fourth-order valence-electron chi connectivity index (χ4n) is 4.12. The highest BCUT2D eigenvalue weighted by Crippen LogP contribution is 2.50. The Labute approximate surface area is 197 Å². The SMILES string of the molecule is COc1ccc(C2(C(=O)N(CCC(F)c3ccccc3)Cc3nc(C=O)c(C)s3)CC2)cc1. The number of carbonyl (C=O) groups excluding carboxylic acids is 2. The molecule has 1 aliphatic carbocycles. The molecule has 0 N–H and O–H groups in total. The van der Waals surface area contributed by atoms with E-state index in [0.29, 0.717) is 16.3 Å². The molecule has 2 aromatic carbocycles. The van der Waals surface area contributed by atoms with E-state index in [1.165, 1.54) is 11.3 Å². The van der Waals surface area contributed by atoms with Crippen molar-refractivity contribution >= 4 is 23.5 Å². The Hall–Kier alpha value is -3.06. The number of aldehydes is 1. The van der Waals surface area contributed by atoms with Crippen molar-refractivity contribution in [1.82, 2.24) is 9.88 Å². The van der Waals surface area contributed by atoms with Gasteiger partial charge in [0.1, 0.15) is 22.6 Å². The van der Waals surface area contributed by atoms with Crippen molar-refractivity contribution < 1.29 is 18.7 Å². The quantitative estimate of drug-likeness (QED) is 0.374. The highest BCUT2D eigenvalue weighted by Gasteiger charge is 2.53. The molecule has 1 aliphatic rings. The minimum atomic E-state index is -1.17. The van der Waals surface area contributed by atoms with Gasteiger partial charge in [0.05, 0.1) is 19.1 Å². The number of benzene rings is 2. The number of ether oxygens (including phenoxy) is 1. The van der Waals surface area contributed by atoms with E-state index in [2.05, 4.69) is 4.98 Å². The first-order valence-corrected chi connectivity index (χ1v) is 11.8. The first kappa shape index (κ1) is 23.1. The molecule has 0 spiro atoms. The molecule has 5 nitrogen and oxygen atoms in total. The molecule has 7 heteroatoms. The van der Waals surface area contributed by atoms with Gasteiger partial charge in [-0.25, -0.2) is 9.37 Å². The van der Waals surface area contributed by atoms with Gasteiger partial charge in [-0.05, 0) is 43.0 Å². The van der Waals surface area contributed by atoms with Gasteiger partial charge in [-0.2, -0.15) is 0 Å². The summed E-state index contributed by atoms with van der Waals surface area (Å²) in [5.41, 5.74) is 1.35. The average molecular weight is 467 g/mol. The fourth-order valence-corrected chi connectivity index (χ4v) is 5.04. The lowest BCUT2D eigenvalue weighted by atomic mass is 9.94. The third-order valence-electron chi connectivity index (χ3n) is 6.22. The molecule has 0 radical (unpaired) electrons. The molecule has 3 aromatic rings. The molecule has 0 aliphatic heterocycles. The summed E-state index contributed by atoms with van der Waals surface area (Å²) in [5.74, 6) is 0.718. The van der Waals surface area contributed by atoms with Crippen LogP contribution >= 0.6 is 11.3 Å². The van der Waals surface area contributed by atoms with E-state index >= 15 is 0 Å². The van der Waals surface area contributed by atoms with Crippen LogP contribution in [-0.2, 0) is 16.8 Å². The Bertz CT molecular complexity index is 1110. The second kappa shape index (κ2) is 9.83. The Morgan fingerprint density at radius 1 is 1.21 bits per heavy atom. The van der Waals surface area contributed by atoms with Crippen molar-refractivity contribution in [3.05, 3.63) is 81.3 Å². The second-order valence-corrected chi connectivity index (χ2v) is 9.66. The monoisotopic (exact) mass is 466 g/mol. The molecule has 4 rings (SSSR count). The summed E-state index contributed by atoms with van der Waals surface area (Å²) < 4.78 is 20.2. The van der Waals surface area contributed by atoms with Gasteiger partial charge in [-0.15, -0.1) is 11.3 Å². The standard InChI is InChI=1S/C26H27FN2O3S/c1-18-23(17-30)28-24(33-18)16-29(15-12-22(27)19-6-4-3-5-7-19)25(31)26(13-14-26)20-8-10-21(32-2)11-9-20/h3-11,17,22H,12-16H2,1-2H3. The van der Waals surface area contributed by atoms with Crippen molar-refractivity contribution in [3.8, 4) is 5.75 Å². The Balaban J connectivity index is 1.56. The number of aromatic nitrogens is 1. The van der Waals surface area contributed by atoms with Crippen molar-refractivity contribution in [1.29, 1.82) is 0 Å². The summed E-state index contributed by atoms with van der Waals surface area (Å²) in [6.07, 6.45) is 1.26. The number of methoxy groups -OCH3 is 1. The number of nitrogens with zero attached hydrogens (tertiary/aromatic N) is 2. The summed E-state index contributed by atoms with van der Waals surface area (Å²) in [5, 5.41) is 0.684. The largest absolute Gasteiger partial charge is 0.497 e. The van der Waals surface area contributed by atoms with Crippen LogP contribution in [0.25, 0.3) is 0 Å². The maximum absolute atomic E-state index is 14.9. The predicted octanol–water partition coefficient (Wildman–Crippen LogP) is 5.43. The minimum Gasteiger partial charge on any atom is -0.497 e. The molecule has 0 bridgehead atoms. The number of thiazole rings is 1. The molecule has 1 atom stereocenters. The first-order valence-electron chi connectivity index (χ1n) is 11.0. The van der Waals surface area contributed by atoms with E-state index < -0.39 is 11.6 Å². The number of rotatable bonds is 10. The summed E-state index contributed by atoms with van der Waals surface area (Å²) in [7, 11) is 1.61. The molecular weight excluding hydrogens is 439 g/mol. The zero-order valence-corrected chi connectivity index (χ0v) is 19.6. The number of carbonyl (C=O) groups is 2. The van der Waals surface area contributed by atoms with Crippen LogP contribution in [-0.4, -0.2) is 35.7 Å². The normalized spacial score (nSPS) is 15.0. The van der Waals surface area contributed by atoms with Crippen LogP contribution in [0.5, 0.6) is 5.75 Å². The second-order valence-electron chi connectivity index (χ2n) is 8.37. The number of hydrogen-bond acceptors (Lipinski definition) is 5. The van der Waals surface area contributed by atoms with Gasteiger partial charge in [0.25, 0.3) is 0 Å². The lowest BCUT2D eigenvalue weighted by Gasteiger charge is -2.28. The molecule has 1 unspecified atom stereocenters. The lowest BCUT2D eigenvalue weighted by Crippen LogP contribution is -2.39. The summed E-state index contributed by atoms with van der Waals surface area (Å²) >= 11 is 1.40. The molecule has 1 fully saturated rings. The van der Waals surface area contributed by atoms with Gasteiger partial charge in [-0.1, -0.05) is 42.5 Å². The Kier molecular flexibility index (Phi) is 6.88. The molecule has 1 aromatic heterocycles. The smallest absolute Gasteiger partial charge is 0.233 e. The van der Waals surface area contributed by atoms with E-state index in [0.717, 1.165) is 35.3 Å². The van der Waals surface area contributed by atoms with E-state index in [1.54, 1.807) is 24.1 Å². The van der Waals surface area contributed by atoms with Crippen LogP contribution in [0.3, 0.4) is 0 Å². The summed E-state index contributed by atoms with van der Waals surface area (Å²) in [6, 6.07) is 16.6. The van der Waals surface area contributed by atoms with Gasteiger partial charge in [0, 0.05) is 17.8 Å². The van der Waals surface area contributed by atoms with Gasteiger partial charge in [-0.3, -0.25) is 9.59 Å². The minimum absolute atomic E-state index is 0.0200. The van der Waals surface area contributed by atoms with E-state index in [-0.39, 0.29) is 25.4 Å². The van der Waals surface area contributed by atoms with Gasteiger partial charge in [0.2, 0.25) is 5.91 Å². The van der Waals surface area contributed by atoms with E-state index in [4.69, 9.17) is 4.74 Å². The molecule has 33 heavy (non-hydrogen) atoms. The predicted molar refractivity (Wildman–Crippen MR) is 126 cm³/mol. The number of amides is 1. The van der Waals surface area contributed by atoms with Crippen LogP contribution in [0.1, 0.15) is 56.9 Å². The van der Waals surface area contributed by atoms with Gasteiger partial charge >= 0.3 is 0 Å². The zero-order chi connectivity index (χ0) is 23.4. The van der Waals surface area contributed by atoms with Crippen molar-refractivity contribution in [2.75, 3.05) is 13.7 Å². The van der Waals surface area contributed by atoms with E-state index in [1.807, 2.05) is 49.4 Å². The molecule has 1 heterocycles. The van der Waals surface area contributed by atoms with Crippen molar-refractivity contribution in [2.24, 2.45) is 0 Å². The van der Waals surface area contributed by atoms with Crippen LogP contribution in [0.4, 0.5) is 4.39 Å². The maximum Gasteiger partial charge on any atom is 0.233 e. The zero-order valence-electron chi connectivity index (χ0n) is 18.8. The highest BCUT2D eigenvalue weighted by atomic mass is 32.1. The molecule has 1 saturated carbocycles. The fraction of sp³-hybridized carbons (Fsp3) is 0.346. The first-order chi connectivity index (χ1) is 16.0. The Morgan fingerprint density at radius 2 is 1.91 bits per heavy atom. The molecular formula is C26H27FN2O3S. The highest BCUT2D eigenvalue weighted by molar-refractivity contribution is 7.11. The third-order valence-corrected chi connectivity index (χ3v) is 7.19. The number of alkyl halides is 1. The molecule has 172 valence electrons. The Morgan fingerprint density at radius 3 is 2.48 bits per heavy atom. The van der Waals surface area contributed by atoms with Gasteiger partial charge < -0.3 is 9.64 Å². The summed E-state index contributed by atoms with van der Waals surface area (Å²) in [6.45, 7) is 2.36. The summed E-state index contributed by atoms with van der Waals surface area (Å²) in [4.78, 5) is 31.9. The maximum atomic E-state index is 14.9. The van der Waals surface area contributed by atoms with E-state index in [9.17, 15) is 14.0 Å². The van der Waals surface area contributed by atoms with Crippen LogP contribution in [0.2, 0.25) is 0 Å². The topological polar surface area (TPSA) is 59.5 Å². The van der Waals surface area contributed by atoms with Crippen LogP contribution < -0.4 is 4.74 Å². The van der Waals surface area contributed by atoms with Crippen LogP contribution in [0.15, 0.2) is 54.6 Å². The lowest BCUT2D eigenvalue weighted by molar-refractivity contribution is -0.134.